The Labute approximate surface area is 203 Å². The molecule has 4 rings (SSSR count). The normalized spacial score (nSPS) is 15.7. The first-order valence-corrected chi connectivity index (χ1v) is 11.8. The lowest BCUT2D eigenvalue weighted by Crippen LogP contribution is -2.19. The third-order valence-electron chi connectivity index (χ3n) is 4.59. The van der Waals surface area contributed by atoms with E-state index in [9.17, 15) is 9.18 Å². The number of thioether (sulfide) groups is 1. The fourth-order valence-electron chi connectivity index (χ4n) is 3.00. The van der Waals surface area contributed by atoms with Crippen molar-refractivity contribution in [2.24, 2.45) is 4.99 Å². The standard InChI is InChI=1S/C25H20BrFN2O3S/c1-2-31-20-10-8-19(9-11-20)28-25-29-24(30)23(33-25)14-17-5-12-22(21(26)13-17)32-15-16-3-6-18(27)7-4-16/h3-14H,2,15H2,1H3,(H,28,29,30). The number of rotatable bonds is 7. The Hall–Kier alpha value is -3.10. The van der Waals surface area contributed by atoms with Gasteiger partial charge in [-0.1, -0.05) is 18.2 Å². The summed E-state index contributed by atoms with van der Waals surface area (Å²) in [6.07, 6.45) is 1.80. The fraction of sp³-hybridized carbons (Fsp3) is 0.120. The molecule has 0 aromatic heterocycles. The highest BCUT2D eigenvalue weighted by atomic mass is 79.9. The monoisotopic (exact) mass is 526 g/mol. The summed E-state index contributed by atoms with van der Waals surface area (Å²) in [6, 6.07) is 19.1. The molecule has 0 bridgehead atoms. The molecule has 0 saturated carbocycles. The summed E-state index contributed by atoms with van der Waals surface area (Å²) in [6.45, 7) is 2.86. The number of benzene rings is 3. The Kier molecular flexibility index (Phi) is 7.47. The number of amidine groups is 1. The molecule has 1 aliphatic rings. The summed E-state index contributed by atoms with van der Waals surface area (Å²) in [4.78, 5) is 17.4. The van der Waals surface area contributed by atoms with E-state index in [0.29, 0.717) is 29.0 Å². The number of ether oxygens (including phenoxy) is 2. The molecule has 1 aliphatic heterocycles. The van der Waals surface area contributed by atoms with Crippen LogP contribution in [0, 0.1) is 5.82 Å². The number of hydrogen-bond acceptors (Lipinski definition) is 5. The molecule has 0 radical (unpaired) electrons. The summed E-state index contributed by atoms with van der Waals surface area (Å²) in [5.74, 6) is 0.958. The van der Waals surface area contributed by atoms with Crippen molar-refractivity contribution in [2.45, 2.75) is 13.5 Å². The number of halogens is 2. The van der Waals surface area contributed by atoms with E-state index < -0.39 is 0 Å². The molecular weight excluding hydrogens is 507 g/mol. The smallest absolute Gasteiger partial charge is 0.264 e. The molecule has 0 unspecified atom stereocenters. The average molecular weight is 527 g/mol. The van der Waals surface area contributed by atoms with Gasteiger partial charge in [0.15, 0.2) is 5.17 Å². The summed E-state index contributed by atoms with van der Waals surface area (Å²) in [5.41, 5.74) is 2.44. The molecule has 3 aromatic carbocycles. The van der Waals surface area contributed by atoms with Gasteiger partial charge in [-0.05, 0) is 100 Å². The van der Waals surface area contributed by atoms with Gasteiger partial charge in [-0.3, -0.25) is 4.79 Å². The number of carbonyl (C=O) groups excluding carboxylic acids is 1. The van der Waals surface area contributed by atoms with E-state index in [2.05, 4.69) is 26.2 Å². The van der Waals surface area contributed by atoms with Gasteiger partial charge in [-0.15, -0.1) is 0 Å². The first-order valence-electron chi connectivity index (χ1n) is 10.2. The van der Waals surface area contributed by atoms with E-state index in [1.165, 1.54) is 23.9 Å². The van der Waals surface area contributed by atoms with E-state index in [1.54, 1.807) is 18.2 Å². The van der Waals surface area contributed by atoms with Gasteiger partial charge in [0.25, 0.3) is 5.91 Å². The topological polar surface area (TPSA) is 59.9 Å². The second kappa shape index (κ2) is 10.7. The summed E-state index contributed by atoms with van der Waals surface area (Å²) < 4.78 is 25.0. The number of hydrogen-bond donors (Lipinski definition) is 1. The minimum Gasteiger partial charge on any atom is -0.494 e. The van der Waals surface area contributed by atoms with Crippen molar-refractivity contribution in [3.05, 3.63) is 93.1 Å². The first-order chi connectivity index (χ1) is 16.0. The molecule has 5 nitrogen and oxygen atoms in total. The first kappa shape index (κ1) is 23.1. The SMILES string of the molecule is CCOc1ccc(N=C2NC(=O)C(=Cc3ccc(OCc4ccc(F)cc4)c(Br)c3)S2)cc1. The molecule has 8 heteroatoms. The van der Waals surface area contributed by atoms with Crippen LogP contribution >= 0.6 is 27.7 Å². The van der Waals surface area contributed by atoms with Gasteiger partial charge < -0.3 is 14.8 Å². The molecule has 1 heterocycles. The van der Waals surface area contributed by atoms with Crippen molar-refractivity contribution in [1.29, 1.82) is 0 Å². The van der Waals surface area contributed by atoms with Gasteiger partial charge in [0.1, 0.15) is 23.9 Å². The molecule has 168 valence electrons. The maximum atomic E-state index is 13.0. The van der Waals surface area contributed by atoms with Crippen LogP contribution in [0.15, 0.2) is 81.1 Å². The van der Waals surface area contributed by atoms with E-state index in [0.717, 1.165) is 27.0 Å². The van der Waals surface area contributed by atoms with E-state index in [4.69, 9.17) is 9.47 Å². The molecule has 0 atom stereocenters. The highest BCUT2D eigenvalue weighted by molar-refractivity contribution is 9.10. The van der Waals surface area contributed by atoms with Crippen LogP contribution in [0.4, 0.5) is 10.1 Å². The maximum absolute atomic E-state index is 13.0. The minimum absolute atomic E-state index is 0.197. The van der Waals surface area contributed by atoms with Crippen LogP contribution in [0.5, 0.6) is 11.5 Å². The van der Waals surface area contributed by atoms with Crippen LogP contribution in [0.3, 0.4) is 0 Å². The number of aliphatic imine (C=N–C) groups is 1. The molecule has 1 N–H and O–H groups in total. The zero-order chi connectivity index (χ0) is 23.2. The van der Waals surface area contributed by atoms with Gasteiger partial charge in [0, 0.05) is 0 Å². The number of nitrogens with one attached hydrogen (secondary N) is 1. The lowest BCUT2D eigenvalue weighted by atomic mass is 10.2. The van der Waals surface area contributed by atoms with E-state index in [1.807, 2.05) is 49.4 Å². The lowest BCUT2D eigenvalue weighted by Gasteiger charge is -2.09. The zero-order valence-electron chi connectivity index (χ0n) is 17.7. The number of nitrogens with zero attached hydrogens (tertiary/aromatic N) is 1. The van der Waals surface area contributed by atoms with Gasteiger partial charge in [0.2, 0.25) is 0 Å². The van der Waals surface area contributed by atoms with Crippen LogP contribution in [-0.4, -0.2) is 17.7 Å². The predicted octanol–water partition coefficient (Wildman–Crippen LogP) is 6.46. The highest BCUT2D eigenvalue weighted by Crippen LogP contribution is 2.31. The Balaban J connectivity index is 1.42. The number of amides is 1. The van der Waals surface area contributed by atoms with Crippen LogP contribution in [0.1, 0.15) is 18.1 Å². The largest absolute Gasteiger partial charge is 0.494 e. The third kappa shape index (κ3) is 6.24. The van der Waals surface area contributed by atoms with Crippen molar-refractivity contribution in [3.63, 3.8) is 0 Å². The van der Waals surface area contributed by atoms with Crippen LogP contribution in [-0.2, 0) is 11.4 Å². The minimum atomic E-state index is -0.279. The molecule has 1 amide bonds. The maximum Gasteiger partial charge on any atom is 0.264 e. The van der Waals surface area contributed by atoms with Crippen LogP contribution < -0.4 is 14.8 Å². The fourth-order valence-corrected chi connectivity index (χ4v) is 4.35. The highest BCUT2D eigenvalue weighted by Gasteiger charge is 2.24. The average Bonchev–Trinajstić information content (AvgIpc) is 3.14. The second-order valence-corrected chi connectivity index (χ2v) is 8.90. The molecule has 0 aliphatic carbocycles. The van der Waals surface area contributed by atoms with Gasteiger partial charge in [-0.25, -0.2) is 9.38 Å². The van der Waals surface area contributed by atoms with Gasteiger partial charge in [0.05, 0.1) is 21.7 Å². The van der Waals surface area contributed by atoms with Crippen LogP contribution in [0.25, 0.3) is 6.08 Å². The Morgan fingerprint density at radius 3 is 2.52 bits per heavy atom. The van der Waals surface area contributed by atoms with E-state index >= 15 is 0 Å². The molecule has 1 saturated heterocycles. The van der Waals surface area contributed by atoms with Gasteiger partial charge in [-0.2, -0.15) is 0 Å². The zero-order valence-corrected chi connectivity index (χ0v) is 20.1. The molecule has 3 aromatic rings. The predicted molar refractivity (Wildman–Crippen MR) is 133 cm³/mol. The van der Waals surface area contributed by atoms with Crippen molar-refractivity contribution in [3.8, 4) is 11.5 Å². The summed E-state index contributed by atoms with van der Waals surface area (Å²) in [5, 5.41) is 3.31. The van der Waals surface area contributed by atoms with Gasteiger partial charge >= 0.3 is 0 Å². The summed E-state index contributed by atoms with van der Waals surface area (Å²) in [7, 11) is 0. The van der Waals surface area contributed by atoms with Crippen LogP contribution in [0.2, 0.25) is 0 Å². The molecular formula is C25H20BrFN2O3S. The van der Waals surface area contributed by atoms with Crippen molar-refractivity contribution in [1.82, 2.24) is 5.32 Å². The quantitative estimate of drug-likeness (QED) is 0.359. The molecule has 1 fully saturated rings. The molecule has 33 heavy (non-hydrogen) atoms. The second-order valence-electron chi connectivity index (χ2n) is 7.01. The van der Waals surface area contributed by atoms with E-state index in [-0.39, 0.29) is 11.7 Å². The Morgan fingerprint density at radius 1 is 1.06 bits per heavy atom. The number of carbonyl (C=O) groups is 1. The van der Waals surface area contributed by atoms with Crippen molar-refractivity contribution >= 4 is 50.5 Å². The Bertz CT molecular complexity index is 1210. The van der Waals surface area contributed by atoms with Crippen molar-refractivity contribution < 1.29 is 18.7 Å². The summed E-state index contributed by atoms with van der Waals surface area (Å²) >= 11 is 4.80. The lowest BCUT2D eigenvalue weighted by molar-refractivity contribution is -0.115. The third-order valence-corrected chi connectivity index (χ3v) is 6.12. The van der Waals surface area contributed by atoms with Crippen molar-refractivity contribution in [2.75, 3.05) is 6.61 Å². The Morgan fingerprint density at radius 2 is 1.82 bits per heavy atom. The molecule has 0 spiro atoms.